The maximum atomic E-state index is 13.9. The Bertz CT molecular complexity index is 1630. The van der Waals surface area contributed by atoms with Crippen LogP contribution in [0.1, 0.15) is 58.6 Å². The number of hydrogen-bond acceptors (Lipinski definition) is 5. The van der Waals surface area contributed by atoms with E-state index in [2.05, 4.69) is 18.3 Å². The Kier molecular flexibility index (Phi) is 9.48. The third-order valence-electron chi connectivity index (χ3n) is 7.22. The average Bonchev–Trinajstić information content (AvgIpc) is 3.56. The molecule has 224 valence electrons. The fourth-order valence-corrected chi connectivity index (χ4v) is 5.38. The van der Waals surface area contributed by atoms with Gasteiger partial charge in [0.05, 0.1) is 18.6 Å². The second kappa shape index (κ2) is 12.7. The molecule has 2 unspecified atom stereocenters. The number of fused-ring (bicyclic) bond motifs is 2. The Morgan fingerprint density at radius 1 is 0.905 bits per heavy atom. The van der Waals surface area contributed by atoms with Crippen molar-refractivity contribution in [1.82, 2.24) is 10.2 Å². The molecule has 0 aliphatic carbocycles. The number of rotatable bonds is 2. The number of benzene rings is 2. The van der Waals surface area contributed by atoms with Gasteiger partial charge in [-0.3, -0.25) is 0 Å². The monoisotopic (exact) mass is 598 g/mol. The first kappa shape index (κ1) is 31.3. The Morgan fingerprint density at radius 2 is 1.45 bits per heavy atom. The molecule has 0 saturated carbocycles. The second-order valence-corrected chi connectivity index (χ2v) is 11.6. The predicted octanol–water partition coefficient (Wildman–Crippen LogP) is 8.74. The number of carbonyl (C=O) groups is 1. The van der Waals surface area contributed by atoms with Gasteiger partial charge in [0.2, 0.25) is 0 Å². The van der Waals surface area contributed by atoms with Gasteiger partial charge >= 0.3 is 6.09 Å². The smallest absolute Gasteiger partial charge is 0.410 e. The van der Waals surface area contributed by atoms with Crippen molar-refractivity contribution in [2.75, 3.05) is 13.1 Å². The van der Waals surface area contributed by atoms with Gasteiger partial charge in [-0.2, -0.15) is 0 Å². The Balaban J connectivity index is 0.000000198. The molecule has 0 radical (unpaired) electrons. The van der Waals surface area contributed by atoms with Crippen molar-refractivity contribution in [2.24, 2.45) is 0 Å². The zero-order chi connectivity index (χ0) is 29.3. The van der Waals surface area contributed by atoms with Gasteiger partial charge in [-0.05, 0) is 102 Å². The Hall–Kier alpha value is -3.62. The van der Waals surface area contributed by atoms with Crippen molar-refractivity contribution in [2.45, 2.75) is 65.1 Å². The molecular weight excluding hydrogens is 562 g/mol. The summed E-state index contributed by atoms with van der Waals surface area (Å²) in [7, 11) is 0. The van der Waals surface area contributed by atoms with Gasteiger partial charge in [0.15, 0.2) is 0 Å². The van der Waals surface area contributed by atoms with Gasteiger partial charge in [0.25, 0.3) is 0 Å². The first-order valence-corrected chi connectivity index (χ1v) is 14.0. The number of ether oxygens (including phenoxy) is 1. The highest BCUT2D eigenvalue weighted by atomic mass is 35.5. The molecule has 2 atom stereocenters. The fraction of sp³-hybridized carbons (Fsp3) is 0.364. The van der Waals surface area contributed by atoms with Gasteiger partial charge in [0, 0.05) is 34.5 Å². The predicted molar refractivity (Wildman–Crippen MR) is 165 cm³/mol. The minimum Gasteiger partial charge on any atom is -0.464 e. The molecule has 9 heteroatoms. The van der Waals surface area contributed by atoms with Crippen LogP contribution in [0.4, 0.5) is 13.6 Å². The Labute approximate surface area is 250 Å². The lowest BCUT2D eigenvalue weighted by Gasteiger charge is -2.34. The first-order chi connectivity index (χ1) is 19.5. The van der Waals surface area contributed by atoms with Crippen LogP contribution in [0.2, 0.25) is 0 Å². The van der Waals surface area contributed by atoms with Crippen LogP contribution in [0.25, 0.3) is 33.1 Å². The lowest BCUT2D eigenvalue weighted by atomic mass is 9.95. The summed E-state index contributed by atoms with van der Waals surface area (Å²) < 4.78 is 43.8. The number of nitrogens with zero attached hydrogens (tertiary/aromatic N) is 1. The maximum absolute atomic E-state index is 13.9. The molecule has 0 saturated heterocycles. The maximum Gasteiger partial charge on any atom is 0.410 e. The van der Waals surface area contributed by atoms with Crippen molar-refractivity contribution < 1.29 is 27.1 Å². The topological polar surface area (TPSA) is 67.9 Å². The molecule has 0 spiro atoms. The van der Waals surface area contributed by atoms with Crippen molar-refractivity contribution in [3.8, 4) is 0 Å². The van der Waals surface area contributed by atoms with E-state index in [0.29, 0.717) is 24.6 Å². The van der Waals surface area contributed by atoms with Crippen LogP contribution in [-0.4, -0.2) is 41.8 Å². The molecule has 1 amide bonds. The number of nitrogens with one attached hydrogen (secondary N) is 1. The molecule has 1 N–H and O–H groups in total. The van der Waals surface area contributed by atoms with E-state index in [1.807, 2.05) is 33.8 Å². The number of furan rings is 2. The molecule has 4 aromatic rings. The molecule has 2 aromatic carbocycles. The van der Waals surface area contributed by atoms with Crippen LogP contribution < -0.4 is 5.32 Å². The quantitative estimate of drug-likeness (QED) is 0.250. The molecule has 42 heavy (non-hydrogen) atoms. The lowest BCUT2D eigenvalue weighted by molar-refractivity contribution is 0.0209. The fourth-order valence-electron chi connectivity index (χ4n) is 5.38. The van der Waals surface area contributed by atoms with Crippen molar-refractivity contribution in [3.05, 3.63) is 83.8 Å². The van der Waals surface area contributed by atoms with Crippen LogP contribution in [0, 0.1) is 11.6 Å². The summed E-state index contributed by atoms with van der Waals surface area (Å²) in [5, 5.41) is 4.91. The number of halogens is 3. The summed E-state index contributed by atoms with van der Waals surface area (Å²) in [4.78, 5) is 14.0. The van der Waals surface area contributed by atoms with Crippen LogP contribution in [-0.2, 0) is 4.74 Å². The summed E-state index contributed by atoms with van der Waals surface area (Å²) in [5.74, 6) is -0.497. The molecule has 2 aromatic heterocycles. The molecule has 6 nitrogen and oxygen atoms in total. The largest absolute Gasteiger partial charge is 0.464 e. The van der Waals surface area contributed by atoms with Crippen LogP contribution in [0.5, 0.6) is 0 Å². The number of amides is 1. The molecule has 4 heterocycles. The van der Waals surface area contributed by atoms with E-state index in [1.165, 1.54) is 18.2 Å². The van der Waals surface area contributed by atoms with E-state index in [9.17, 15) is 13.6 Å². The molecular formula is C33H37ClF2N2O4. The Morgan fingerprint density at radius 3 is 1.95 bits per heavy atom. The van der Waals surface area contributed by atoms with Gasteiger partial charge in [0.1, 0.15) is 28.4 Å². The lowest BCUT2D eigenvalue weighted by Crippen LogP contribution is -2.43. The molecule has 0 bridgehead atoms. The molecule has 2 aliphatic rings. The van der Waals surface area contributed by atoms with E-state index in [-0.39, 0.29) is 36.2 Å². The molecule has 2 aliphatic heterocycles. The average molecular weight is 599 g/mol. The highest BCUT2D eigenvalue weighted by Gasteiger charge is 2.29. The summed E-state index contributed by atoms with van der Waals surface area (Å²) >= 11 is 0. The summed E-state index contributed by atoms with van der Waals surface area (Å²) in [6.45, 7) is 11.0. The highest BCUT2D eigenvalue weighted by molar-refractivity contribution is 5.91. The van der Waals surface area contributed by atoms with Gasteiger partial charge in [-0.25, -0.2) is 13.6 Å². The molecule has 0 fully saturated rings. The van der Waals surface area contributed by atoms with E-state index < -0.39 is 5.60 Å². The van der Waals surface area contributed by atoms with E-state index in [0.717, 1.165) is 51.6 Å². The highest BCUT2D eigenvalue weighted by Crippen LogP contribution is 2.33. The zero-order valence-corrected chi connectivity index (χ0v) is 25.3. The van der Waals surface area contributed by atoms with E-state index >= 15 is 0 Å². The SMILES string of the molecule is CC1C=C(c2cc(F)cc3ccoc23)CCN1.CC1C=C(c2cc(F)cc3ccoc23)CCN1C(=O)OC(C)(C)C.Cl. The van der Waals surface area contributed by atoms with Crippen molar-refractivity contribution in [1.29, 1.82) is 0 Å². The first-order valence-electron chi connectivity index (χ1n) is 14.0. The third kappa shape index (κ3) is 7.05. The normalized spacial score (nSPS) is 19.0. The van der Waals surface area contributed by atoms with Gasteiger partial charge in [-0.1, -0.05) is 12.2 Å². The van der Waals surface area contributed by atoms with Gasteiger partial charge in [-0.15, -0.1) is 12.4 Å². The second-order valence-electron chi connectivity index (χ2n) is 11.6. The van der Waals surface area contributed by atoms with Crippen LogP contribution in [0.15, 0.2) is 69.9 Å². The zero-order valence-electron chi connectivity index (χ0n) is 24.5. The number of hydrogen-bond donors (Lipinski definition) is 1. The van der Waals surface area contributed by atoms with E-state index in [1.54, 1.807) is 35.6 Å². The summed E-state index contributed by atoms with van der Waals surface area (Å²) in [6, 6.07) is 9.77. The van der Waals surface area contributed by atoms with Crippen molar-refractivity contribution in [3.63, 3.8) is 0 Å². The minimum absolute atomic E-state index is 0. The molecule has 6 rings (SSSR count). The standard InChI is InChI=1S/C19H22FNO3.C14H14FNO.ClH/c1-12-9-13(5-7-21(12)18(22)24-19(2,3)4)16-11-15(20)10-14-6-8-23-17(14)16;1-9-6-10(2-4-16-9)13-8-12(15)7-11-3-5-17-14(11)13;/h6,8-12H,5,7H2,1-4H3;3,5-9,16H,2,4H2,1H3;1H. The van der Waals surface area contributed by atoms with Gasteiger partial charge < -0.3 is 23.8 Å². The third-order valence-corrected chi connectivity index (χ3v) is 7.22. The number of carbonyl (C=O) groups excluding carboxylic acids is 1. The minimum atomic E-state index is -0.524. The van der Waals surface area contributed by atoms with Crippen molar-refractivity contribution >= 4 is 51.6 Å². The summed E-state index contributed by atoms with van der Waals surface area (Å²) in [6.07, 6.45) is 8.50. The van der Waals surface area contributed by atoms with Crippen LogP contribution >= 0.6 is 12.4 Å². The van der Waals surface area contributed by atoms with E-state index in [4.69, 9.17) is 13.6 Å². The summed E-state index contributed by atoms with van der Waals surface area (Å²) in [5.41, 5.74) is 4.73. The van der Waals surface area contributed by atoms with Crippen LogP contribution in [0.3, 0.4) is 0 Å².